The van der Waals surface area contributed by atoms with Crippen molar-refractivity contribution in [1.82, 2.24) is 0 Å². The Balaban J connectivity index is 3.00. The average molecular weight is 238 g/mol. The molecule has 1 aromatic rings. The summed E-state index contributed by atoms with van der Waals surface area (Å²) in [6.45, 7) is 4.16. The first-order valence-electron chi connectivity index (χ1n) is 5.73. The van der Waals surface area contributed by atoms with Gasteiger partial charge in [-0.25, -0.2) is 4.79 Å². The maximum absolute atomic E-state index is 11.0. The molecule has 0 spiro atoms. The molecule has 1 rings (SSSR count). The van der Waals surface area contributed by atoms with E-state index in [1.807, 2.05) is 0 Å². The summed E-state index contributed by atoms with van der Waals surface area (Å²) in [4.78, 5) is 11.0. The van der Waals surface area contributed by atoms with Crippen LogP contribution >= 0.6 is 0 Å². The van der Waals surface area contributed by atoms with Gasteiger partial charge in [-0.05, 0) is 30.4 Å². The molecule has 0 aliphatic carbocycles. The molecule has 1 atom stereocenters. The standard InChI is InChI=1S/C13H18O4/c1-3-8(2)4-5-9-6-10(14)7-11(15)12(9)13(16)17/h6-8,14-15H,3-5H2,1-2H3,(H,16,17). The molecular formula is C13H18O4. The first-order chi connectivity index (χ1) is 7.95. The molecule has 1 unspecified atom stereocenters. The lowest BCUT2D eigenvalue weighted by molar-refractivity contribution is 0.0692. The second kappa shape index (κ2) is 5.57. The second-order valence-electron chi connectivity index (χ2n) is 4.36. The van der Waals surface area contributed by atoms with Gasteiger partial charge in [-0.3, -0.25) is 0 Å². The minimum absolute atomic E-state index is 0.105. The third kappa shape index (κ3) is 3.37. The lowest BCUT2D eigenvalue weighted by atomic mass is 9.95. The maximum Gasteiger partial charge on any atom is 0.339 e. The Morgan fingerprint density at radius 3 is 2.53 bits per heavy atom. The van der Waals surface area contributed by atoms with Crippen LogP contribution in [0.1, 0.15) is 42.6 Å². The van der Waals surface area contributed by atoms with Crippen molar-refractivity contribution in [2.75, 3.05) is 0 Å². The first kappa shape index (κ1) is 13.4. The number of phenols is 2. The quantitative estimate of drug-likeness (QED) is 0.737. The van der Waals surface area contributed by atoms with Crippen molar-refractivity contribution in [1.29, 1.82) is 0 Å². The summed E-state index contributed by atoms with van der Waals surface area (Å²) in [5.74, 6) is -1.16. The third-order valence-corrected chi connectivity index (χ3v) is 3.00. The number of aryl methyl sites for hydroxylation is 1. The molecule has 0 aliphatic rings. The van der Waals surface area contributed by atoms with Gasteiger partial charge in [0.25, 0.3) is 0 Å². The molecule has 4 heteroatoms. The number of aromatic carboxylic acids is 1. The fourth-order valence-electron chi connectivity index (χ4n) is 1.72. The van der Waals surface area contributed by atoms with Gasteiger partial charge in [0.15, 0.2) is 0 Å². The van der Waals surface area contributed by atoms with Crippen molar-refractivity contribution >= 4 is 5.97 Å². The van der Waals surface area contributed by atoms with Gasteiger partial charge in [-0.1, -0.05) is 20.3 Å². The zero-order chi connectivity index (χ0) is 13.0. The van der Waals surface area contributed by atoms with Gasteiger partial charge in [-0.2, -0.15) is 0 Å². The molecule has 0 amide bonds. The van der Waals surface area contributed by atoms with E-state index < -0.39 is 5.97 Å². The molecule has 94 valence electrons. The van der Waals surface area contributed by atoms with E-state index in [2.05, 4.69) is 13.8 Å². The predicted molar refractivity (Wildman–Crippen MR) is 64.5 cm³/mol. The van der Waals surface area contributed by atoms with E-state index in [0.29, 0.717) is 17.9 Å². The number of carbonyl (C=O) groups is 1. The zero-order valence-corrected chi connectivity index (χ0v) is 10.1. The fraction of sp³-hybridized carbons (Fsp3) is 0.462. The van der Waals surface area contributed by atoms with Crippen LogP contribution in [0.25, 0.3) is 0 Å². The molecule has 0 saturated carbocycles. The molecule has 4 nitrogen and oxygen atoms in total. The summed E-state index contributed by atoms with van der Waals surface area (Å²) < 4.78 is 0. The number of benzene rings is 1. The lowest BCUT2D eigenvalue weighted by Gasteiger charge is -2.11. The Bertz CT molecular complexity index is 412. The molecule has 0 saturated heterocycles. The Labute approximate surface area is 101 Å². The summed E-state index contributed by atoms with van der Waals surface area (Å²) in [6.07, 6.45) is 2.39. The minimum atomic E-state index is -1.17. The summed E-state index contributed by atoms with van der Waals surface area (Å²) in [5.41, 5.74) is 0.376. The molecular weight excluding hydrogens is 220 g/mol. The second-order valence-corrected chi connectivity index (χ2v) is 4.36. The summed E-state index contributed by atoms with van der Waals surface area (Å²) in [7, 11) is 0. The Morgan fingerprint density at radius 1 is 1.35 bits per heavy atom. The maximum atomic E-state index is 11.0. The Morgan fingerprint density at radius 2 is 2.00 bits per heavy atom. The van der Waals surface area contributed by atoms with Crippen molar-refractivity contribution in [2.45, 2.75) is 33.1 Å². The highest BCUT2D eigenvalue weighted by atomic mass is 16.4. The van der Waals surface area contributed by atoms with Crippen LogP contribution in [-0.2, 0) is 6.42 Å². The van der Waals surface area contributed by atoms with Gasteiger partial charge in [0, 0.05) is 6.07 Å². The zero-order valence-electron chi connectivity index (χ0n) is 10.1. The Hall–Kier alpha value is -1.71. The van der Waals surface area contributed by atoms with Crippen molar-refractivity contribution < 1.29 is 20.1 Å². The number of hydrogen-bond donors (Lipinski definition) is 3. The van der Waals surface area contributed by atoms with E-state index in [1.54, 1.807) is 0 Å². The topological polar surface area (TPSA) is 77.8 Å². The third-order valence-electron chi connectivity index (χ3n) is 3.00. The highest BCUT2D eigenvalue weighted by Crippen LogP contribution is 2.29. The van der Waals surface area contributed by atoms with Gasteiger partial charge >= 0.3 is 5.97 Å². The monoisotopic (exact) mass is 238 g/mol. The van der Waals surface area contributed by atoms with Gasteiger partial charge in [0.05, 0.1) is 0 Å². The number of aromatic hydroxyl groups is 2. The van der Waals surface area contributed by atoms with Crippen LogP contribution in [0.2, 0.25) is 0 Å². The van der Waals surface area contributed by atoms with E-state index in [9.17, 15) is 15.0 Å². The molecule has 0 aliphatic heterocycles. The molecule has 0 aromatic heterocycles. The lowest BCUT2D eigenvalue weighted by Crippen LogP contribution is -2.05. The molecule has 0 bridgehead atoms. The van der Waals surface area contributed by atoms with Gasteiger partial charge < -0.3 is 15.3 Å². The first-order valence-corrected chi connectivity index (χ1v) is 5.73. The molecule has 0 heterocycles. The van der Waals surface area contributed by atoms with Crippen molar-refractivity contribution in [3.63, 3.8) is 0 Å². The van der Waals surface area contributed by atoms with E-state index in [0.717, 1.165) is 18.9 Å². The summed E-state index contributed by atoms with van der Waals surface area (Å²) >= 11 is 0. The van der Waals surface area contributed by atoms with Crippen LogP contribution in [0.4, 0.5) is 0 Å². The van der Waals surface area contributed by atoms with Crippen LogP contribution < -0.4 is 0 Å². The normalized spacial score (nSPS) is 12.4. The van der Waals surface area contributed by atoms with E-state index in [1.165, 1.54) is 6.07 Å². The number of rotatable bonds is 5. The number of hydrogen-bond acceptors (Lipinski definition) is 3. The van der Waals surface area contributed by atoms with E-state index in [4.69, 9.17) is 5.11 Å². The highest BCUT2D eigenvalue weighted by Gasteiger charge is 2.17. The Kier molecular flexibility index (Phi) is 4.37. The minimum Gasteiger partial charge on any atom is -0.508 e. The number of carboxylic acid groups (broad SMARTS) is 1. The van der Waals surface area contributed by atoms with Crippen molar-refractivity contribution in [3.8, 4) is 11.5 Å². The number of phenolic OH excluding ortho intramolecular Hbond substituents is 1. The van der Waals surface area contributed by atoms with Crippen LogP contribution in [0.5, 0.6) is 11.5 Å². The summed E-state index contributed by atoms with van der Waals surface area (Å²) in [6, 6.07) is 2.46. The van der Waals surface area contributed by atoms with E-state index >= 15 is 0 Å². The van der Waals surface area contributed by atoms with E-state index in [-0.39, 0.29) is 17.1 Å². The SMILES string of the molecule is CCC(C)CCc1cc(O)cc(O)c1C(=O)O. The number of carboxylic acids is 1. The van der Waals surface area contributed by atoms with Crippen LogP contribution in [0.15, 0.2) is 12.1 Å². The molecule has 1 aromatic carbocycles. The van der Waals surface area contributed by atoms with Gasteiger partial charge in [0.1, 0.15) is 17.1 Å². The molecule has 0 radical (unpaired) electrons. The smallest absolute Gasteiger partial charge is 0.339 e. The largest absolute Gasteiger partial charge is 0.508 e. The average Bonchev–Trinajstić information content (AvgIpc) is 2.24. The van der Waals surface area contributed by atoms with Gasteiger partial charge in [0.2, 0.25) is 0 Å². The van der Waals surface area contributed by atoms with Gasteiger partial charge in [-0.15, -0.1) is 0 Å². The van der Waals surface area contributed by atoms with Crippen molar-refractivity contribution in [3.05, 3.63) is 23.3 Å². The molecule has 17 heavy (non-hydrogen) atoms. The molecule has 0 fully saturated rings. The van der Waals surface area contributed by atoms with Crippen LogP contribution in [0.3, 0.4) is 0 Å². The predicted octanol–water partition coefficient (Wildman–Crippen LogP) is 2.77. The highest BCUT2D eigenvalue weighted by molar-refractivity contribution is 5.92. The molecule has 3 N–H and O–H groups in total. The van der Waals surface area contributed by atoms with Crippen molar-refractivity contribution in [2.24, 2.45) is 5.92 Å². The van der Waals surface area contributed by atoms with Crippen LogP contribution in [-0.4, -0.2) is 21.3 Å². The fourth-order valence-corrected chi connectivity index (χ4v) is 1.72. The van der Waals surface area contributed by atoms with Crippen LogP contribution in [0, 0.1) is 5.92 Å². The summed E-state index contributed by atoms with van der Waals surface area (Å²) in [5, 5.41) is 27.9.